The molecule has 2 aromatic carbocycles. The first-order chi connectivity index (χ1) is 9.76. The second kappa shape index (κ2) is 5.47. The zero-order valence-electron chi connectivity index (χ0n) is 11.6. The number of aryl methyl sites for hydroxylation is 2. The SMILES string of the molecule is Cc1ccc2cc(-c3cnc(CCCO)[nH]3)ccc2c1. The fourth-order valence-electron chi connectivity index (χ4n) is 2.42. The van der Waals surface area contributed by atoms with Gasteiger partial charge in [0.15, 0.2) is 0 Å². The predicted molar refractivity (Wildman–Crippen MR) is 81.7 cm³/mol. The zero-order chi connectivity index (χ0) is 13.9. The van der Waals surface area contributed by atoms with Gasteiger partial charge in [-0.3, -0.25) is 0 Å². The highest BCUT2D eigenvalue weighted by Crippen LogP contribution is 2.24. The van der Waals surface area contributed by atoms with Crippen LogP contribution < -0.4 is 0 Å². The standard InChI is InChI=1S/C17H18N2O/c1-12-4-5-14-10-15(7-6-13(14)9-12)16-11-18-17(19-16)3-2-8-20/h4-7,9-11,20H,2-3,8H2,1H3,(H,18,19). The molecular formula is C17H18N2O. The molecule has 0 amide bonds. The lowest BCUT2D eigenvalue weighted by Crippen LogP contribution is -1.91. The molecule has 0 bridgehead atoms. The van der Waals surface area contributed by atoms with Crippen LogP contribution in [0.2, 0.25) is 0 Å². The number of benzene rings is 2. The molecule has 0 aliphatic carbocycles. The first-order valence-electron chi connectivity index (χ1n) is 6.92. The Hall–Kier alpha value is -2.13. The Morgan fingerprint density at radius 3 is 2.75 bits per heavy atom. The molecule has 0 radical (unpaired) electrons. The molecule has 2 N–H and O–H groups in total. The van der Waals surface area contributed by atoms with Crippen LogP contribution in [0.1, 0.15) is 17.8 Å². The number of nitrogens with one attached hydrogen (secondary N) is 1. The van der Waals surface area contributed by atoms with E-state index in [1.165, 1.54) is 16.3 Å². The van der Waals surface area contributed by atoms with Gasteiger partial charge in [0.1, 0.15) is 5.82 Å². The molecule has 0 saturated heterocycles. The number of aliphatic hydroxyl groups is 1. The molecular weight excluding hydrogens is 248 g/mol. The summed E-state index contributed by atoms with van der Waals surface area (Å²) in [6.45, 7) is 2.31. The number of nitrogens with zero attached hydrogens (tertiary/aromatic N) is 1. The normalized spacial score (nSPS) is 11.1. The molecule has 3 heteroatoms. The maximum Gasteiger partial charge on any atom is 0.106 e. The molecule has 0 fully saturated rings. The van der Waals surface area contributed by atoms with E-state index in [9.17, 15) is 0 Å². The molecule has 3 rings (SSSR count). The number of rotatable bonds is 4. The van der Waals surface area contributed by atoms with Crippen molar-refractivity contribution in [3.05, 3.63) is 54.0 Å². The summed E-state index contributed by atoms with van der Waals surface area (Å²) < 4.78 is 0. The second-order valence-corrected chi connectivity index (χ2v) is 5.14. The molecule has 1 heterocycles. The van der Waals surface area contributed by atoms with Gasteiger partial charge in [0.05, 0.1) is 11.9 Å². The van der Waals surface area contributed by atoms with Crippen LogP contribution in [0.4, 0.5) is 0 Å². The lowest BCUT2D eigenvalue weighted by atomic mass is 10.0. The van der Waals surface area contributed by atoms with Crippen LogP contribution in [0.3, 0.4) is 0 Å². The molecule has 0 aliphatic rings. The molecule has 0 saturated carbocycles. The van der Waals surface area contributed by atoms with E-state index in [4.69, 9.17) is 5.11 Å². The third-order valence-corrected chi connectivity index (χ3v) is 3.51. The van der Waals surface area contributed by atoms with Gasteiger partial charge in [-0.15, -0.1) is 0 Å². The maximum atomic E-state index is 8.85. The van der Waals surface area contributed by atoms with Gasteiger partial charge >= 0.3 is 0 Å². The number of hydrogen-bond donors (Lipinski definition) is 2. The Morgan fingerprint density at radius 2 is 1.90 bits per heavy atom. The molecule has 0 spiro atoms. The number of H-pyrrole nitrogens is 1. The summed E-state index contributed by atoms with van der Waals surface area (Å²) in [5.41, 5.74) is 3.45. The summed E-state index contributed by atoms with van der Waals surface area (Å²) in [5, 5.41) is 11.3. The lowest BCUT2D eigenvalue weighted by molar-refractivity contribution is 0.287. The van der Waals surface area contributed by atoms with Crippen LogP contribution in [-0.2, 0) is 6.42 Å². The fourth-order valence-corrected chi connectivity index (χ4v) is 2.42. The van der Waals surface area contributed by atoms with E-state index >= 15 is 0 Å². The smallest absolute Gasteiger partial charge is 0.106 e. The van der Waals surface area contributed by atoms with Crippen molar-refractivity contribution >= 4 is 10.8 Å². The average molecular weight is 266 g/mol. The van der Waals surface area contributed by atoms with Gasteiger partial charge in [0, 0.05) is 18.6 Å². The minimum atomic E-state index is 0.200. The summed E-state index contributed by atoms with van der Waals surface area (Å²) in [6, 6.07) is 12.9. The van der Waals surface area contributed by atoms with Gasteiger partial charge in [0.2, 0.25) is 0 Å². The van der Waals surface area contributed by atoms with Crippen LogP contribution in [0.15, 0.2) is 42.6 Å². The Bertz CT molecular complexity index is 731. The van der Waals surface area contributed by atoms with E-state index in [2.05, 4.69) is 53.3 Å². The predicted octanol–water partition coefficient (Wildman–Crippen LogP) is 3.46. The van der Waals surface area contributed by atoms with Gasteiger partial charge < -0.3 is 10.1 Å². The molecule has 20 heavy (non-hydrogen) atoms. The van der Waals surface area contributed by atoms with E-state index in [-0.39, 0.29) is 6.61 Å². The molecule has 3 nitrogen and oxygen atoms in total. The van der Waals surface area contributed by atoms with E-state index < -0.39 is 0 Å². The van der Waals surface area contributed by atoms with Crippen molar-refractivity contribution in [2.45, 2.75) is 19.8 Å². The minimum absolute atomic E-state index is 0.200. The number of aliphatic hydroxyl groups excluding tert-OH is 1. The van der Waals surface area contributed by atoms with Crippen molar-refractivity contribution in [2.24, 2.45) is 0 Å². The quantitative estimate of drug-likeness (QED) is 0.759. The summed E-state index contributed by atoms with van der Waals surface area (Å²) in [5.74, 6) is 0.929. The molecule has 0 aliphatic heterocycles. The molecule has 1 aromatic heterocycles. The van der Waals surface area contributed by atoms with Crippen LogP contribution in [-0.4, -0.2) is 21.7 Å². The van der Waals surface area contributed by atoms with Crippen molar-refractivity contribution in [1.29, 1.82) is 0 Å². The second-order valence-electron chi connectivity index (χ2n) is 5.14. The molecule has 102 valence electrons. The summed E-state index contributed by atoms with van der Waals surface area (Å²) in [4.78, 5) is 7.68. The number of hydrogen-bond acceptors (Lipinski definition) is 2. The summed E-state index contributed by atoms with van der Waals surface area (Å²) >= 11 is 0. The number of fused-ring (bicyclic) bond motifs is 1. The van der Waals surface area contributed by atoms with Gasteiger partial charge in [-0.25, -0.2) is 4.98 Å². The van der Waals surface area contributed by atoms with Crippen LogP contribution in [0.25, 0.3) is 22.0 Å². The lowest BCUT2D eigenvalue weighted by Gasteiger charge is -2.03. The number of imidazole rings is 1. The first-order valence-corrected chi connectivity index (χ1v) is 6.92. The minimum Gasteiger partial charge on any atom is -0.396 e. The Morgan fingerprint density at radius 1 is 1.10 bits per heavy atom. The van der Waals surface area contributed by atoms with Crippen LogP contribution >= 0.6 is 0 Å². The average Bonchev–Trinajstić information content (AvgIpc) is 2.93. The van der Waals surface area contributed by atoms with Crippen molar-refractivity contribution in [1.82, 2.24) is 9.97 Å². The van der Waals surface area contributed by atoms with Crippen LogP contribution in [0.5, 0.6) is 0 Å². The summed E-state index contributed by atoms with van der Waals surface area (Å²) in [6.07, 6.45) is 3.38. The Kier molecular flexibility index (Phi) is 3.52. The maximum absolute atomic E-state index is 8.85. The summed E-state index contributed by atoms with van der Waals surface area (Å²) in [7, 11) is 0. The Labute approximate surface area is 118 Å². The highest BCUT2D eigenvalue weighted by molar-refractivity contribution is 5.87. The topological polar surface area (TPSA) is 48.9 Å². The molecule has 0 atom stereocenters. The zero-order valence-corrected chi connectivity index (χ0v) is 11.6. The number of aromatic nitrogens is 2. The Balaban J connectivity index is 1.93. The van der Waals surface area contributed by atoms with Crippen molar-refractivity contribution in [3.8, 4) is 11.3 Å². The van der Waals surface area contributed by atoms with Crippen molar-refractivity contribution < 1.29 is 5.11 Å². The molecule has 0 unspecified atom stereocenters. The number of aromatic amines is 1. The highest BCUT2D eigenvalue weighted by Gasteiger charge is 2.04. The van der Waals surface area contributed by atoms with E-state index in [0.717, 1.165) is 29.9 Å². The van der Waals surface area contributed by atoms with Gasteiger partial charge in [-0.2, -0.15) is 0 Å². The monoisotopic (exact) mass is 266 g/mol. The highest BCUT2D eigenvalue weighted by atomic mass is 16.2. The first kappa shape index (κ1) is 12.9. The van der Waals surface area contributed by atoms with E-state index in [0.29, 0.717) is 0 Å². The van der Waals surface area contributed by atoms with Crippen molar-refractivity contribution in [3.63, 3.8) is 0 Å². The van der Waals surface area contributed by atoms with E-state index in [1.807, 2.05) is 6.20 Å². The van der Waals surface area contributed by atoms with E-state index in [1.54, 1.807) is 0 Å². The van der Waals surface area contributed by atoms with Gasteiger partial charge in [-0.1, -0.05) is 35.9 Å². The third-order valence-electron chi connectivity index (χ3n) is 3.51. The molecule has 3 aromatic rings. The third kappa shape index (κ3) is 2.58. The van der Waals surface area contributed by atoms with Crippen LogP contribution in [0, 0.1) is 6.92 Å². The fraction of sp³-hybridized carbons (Fsp3) is 0.235. The van der Waals surface area contributed by atoms with Crippen molar-refractivity contribution in [2.75, 3.05) is 6.61 Å². The largest absolute Gasteiger partial charge is 0.396 e. The van der Waals surface area contributed by atoms with Gasteiger partial charge in [-0.05, 0) is 30.2 Å². The van der Waals surface area contributed by atoms with Gasteiger partial charge in [0.25, 0.3) is 0 Å².